The first-order valence-corrected chi connectivity index (χ1v) is 10.1. The molecule has 168 valence electrons. The van der Waals surface area contributed by atoms with Gasteiger partial charge in [0, 0.05) is 19.8 Å². The topological polar surface area (TPSA) is 104 Å². The lowest BCUT2D eigenvalue weighted by atomic mass is 10.2. The molecule has 0 bridgehead atoms. The van der Waals surface area contributed by atoms with Crippen LogP contribution in [0.5, 0.6) is 11.5 Å². The highest BCUT2D eigenvalue weighted by Gasteiger charge is 2.16. The Balaban J connectivity index is 1.69. The Hall–Kier alpha value is -4.40. The van der Waals surface area contributed by atoms with E-state index in [0.717, 1.165) is 15.9 Å². The molecule has 0 aliphatic carbocycles. The van der Waals surface area contributed by atoms with Crippen molar-refractivity contribution in [1.82, 2.24) is 19.4 Å². The third-order valence-electron chi connectivity index (χ3n) is 5.30. The van der Waals surface area contributed by atoms with Crippen molar-refractivity contribution in [3.63, 3.8) is 0 Å². The fraction of sp³-hybridized carbons (Fsp3) is 0.167. The summed E-state index contributed by atoms with van der Waals surface area (Å²) in [4.78, 5) is 42.7. The summed E-state index contributed by atoms with van der Waals surface area (Å²) in [6.45, 7) is 0.296. The SMILES string of the molecule is COc1ccc(CNC(=O)c2cnc3c(c2)c(=O)n(C)c(=O)n3-c2ccc(OC)cc2)cc1. The van der Waals surface area contributed by atoms with Crippen LogP contribution in [0.25, 0.3) is 16.7 Å². The lowest BCUT2D eigenvalue weighted by Crippen LogP contribution is -2.38. The zero-order chi connectivity index (χ0) is 23.5. The van der Waals surface area contributed by atoms with E-state index in [0.29, 0.717) is 18.0 Å². The Morgan fingerprint density at radius 3 is 2.18 bits per heavy atom. The van der Waals surface area contributed by atoms with E-state index in [1.807, 2.05) is 12.1 Å². The van der Waals surface area contributed by atoms with Gasteiger partial charge in [-0.1, -0.05) is 12.1 Å². The van der Waals surface area contributed by atoms with Crippen molar-refractivity contribution < 1.29 is 14.3 Å². The van der Waals surface area contributed by atoms with Crippen molar-refractivity contribution in [1.29, 1.82) is 0 Å². The second-order valence-electron chi connectivity index (χ2n) is 7.31. The molecule has 9 heteroatoms. The molecule has 1 N–H and O–H groups in total. The number of nitrogens with zero attached hydrogens (tertiary/aromatic N) is 3. The number of rotatable bonds is 6. The number of ether oxygens (including phenoxy) is 2. The summed E-state index contributed by atoms with van der Waals surface area (Å²) < 4.78 is 12.6. The van der Waals surface area contributed by atoms with Crippen LogP contribution in [-0.2, 0) is 13.6 Å². The molecule has 2 aromatic carbocycles. The molecular formula is C24H22N4O5. The first-order valence-electron chi connectivity index (χ1n) is 10.1. The van der Waals surface area contributed by atoms with Gasteiger partial charge in [0.1, 0.15) is 11.5 Å². The van der Waals surface area contributed by atoms with Crippen LogP contribution >= 0.6 is 0 Å². The molecular weight excluding hydrogens is 424 g/mol. The van der Waals surface area contributed by atoms with Gasteiger partial charge in [0.25, 0.3) is 11.5 Å². The minimum absolute atomic E-state index is 0.157. The summed E-state index contributed by atoms with van der Waals surface area (Å²) in [7, 11) is 4.52. The molecule has 0 radical (unpaired) electrons. The van der Waals surface area contributed by atoms with Gasteiger partial charge in [0.15, 0.2) is 5.65 Å². The van der Waals surface area contributed by atoms with E-state index < -0.39 is 11.2 Å². The number of pyridine rings is 1. The monoisotopic (exact) mass is 446 g/mol. The largest absolute Gasteiger partial charge is 0.497 e. The van der Waals surface area contributed by atoms with Crippen LogP contribution < -0.4 is 26.0 Å². The maximum absolute atomic E-state index is 12.8. The fourth-order valence-corrected chi connectivity index (χ4v) is 3.42. The highest BCUT2D eigenvalue weighted by Crippen LogP contribution is 2.17. The number of hydrogen-bond acceptors (Lipinski definition) is 6. The number of fused-ring (bicyclic) bond motifs is 1. The van der Waals surface area contributed by atoms with E-state index >= 15 is 0 Å². The Morgan fingerprint density at radius 1 is 0.970 bits per heavy atom. The first kappa shape index (κ1) is 21.8. The van der Waals surface area contributed by atoms with Crippen LogP contribution in [-0.4, -0.2) is 34.2 Å². The summed E-state index contributed by atoms with van der Waals surface area (Å²) >= 11 is 0. The van der Waals surface area contributed by atoms with Crippen LogP contribution in [0.1, 0.15) is 15.9 Å². The summed E-state index contributed by atoms with van der Waals surface area (Å²) in [5.74, 6) is 0.969. The fourth-order valence-electron chi connectivity index (χ4n) is 3.42. The van der Waals surface area contributed by atoms with E-state index in [4.69, 9.17) is 9.47 Å². The quantitative estimate of drug-likeness (QED) is 0.486. The zero-order valence-corrected chi connectivity index (χ0v) is 18.4. The third-order valence-corrected chi connectivity index (χ3v) is 5.30. The van der Waals surface area contributed by atoms with Crippen molar-refractivity contribution in [3.05, 3.63) is 92.8 Å². The molecule has 0 atom stereocenters. The molecule has 0 aliphatic heterocycles. The van der Waals surface area contributed by atoms with Gasteiger partial charge in [-0.25, -0.2) is 14.3 Å². The lowest BCUT2D eigenvalue weighted by Gasteiger charge is -2.13. The average Bonchev–Trinajstić information content (AvgIpc) is 2.86. The van der Waals surface area contributed by atoms with Gasteiger partial charge in [-0.05, 0) is 48.0 Å². The number of nitrogens with one attached hydrogen (secondary N) is 1. The molecule has 2 aromatic heterocycles. The van der Waals surface area contributed by atoms with Crippen LogP contribution in [0.2, 0.25) is 0 Å². The third kappa shape index (κ3) is 4.20. The molecule has 4 aromatic rings. The number of aromatic nitrogens is 3. The predicted octanol–water partition coefficient (Wildman–Crippen LogP) is 2.03. The molecule has 0 unspecified atom stereocenters. The highest BCUT2D eigenvalue weighted by atomic mass is 16.5. The number of amides is 1. The normalized spacial score (nSPS) is 10.8. The molecule has 2 heterocycles. The molecule has 0 aliphatic rings. The minimum atomic E-state index is -0.540. The highest BCUT2D eigenvalue weighted by molar-refractivity contribution is 5.96. The summed E-state index contributed by atoms with van der Waals surface area (Å²) in [5.41, 5.74) is 0.722. The van der Waals surface area contributed by atoms with Gasteiger partial charge < -0.3 is 14.8 Å². The van der Waals surface area contributed by atoms with Crippen molar-refractivity contribution >= 4 is 16.9 Å². The van der Waals surface area contributed by atoms with Crippen LogP contribution in [0.15, 0.2) is 70.4 Å². The van der Waals surface area contributed by atoms with Gasteiger partial charge in [-0.2, -0.15) is 0 Å². The number of benzene rings is 2. The maximum atomic E-state index is 12.8. The van der Waals surface area contributed by atoms with Gasteiger partial charge in [0.05, 0.1) is 30.9 Å². The summed E-state index contributed by atoms with van der Waals surface area (Å²) in [6.07, 6.45) is 1.35. The maximum Gasteiger partial charge on any atom is 0.337 e. The Kier molecular flexibility index (Phi) is 5.95. The molecule has 0 fully saturated rings. The van der Waals surface area contributed by atoms with Gasteiger partial charge in [0.2, 0.25) is 0 Å². The molecule has 0 saturated carbocycles. The lowest BCUT2D eigenvalue weighted by molar-refractivity contribution is 0.0950. The zero-order valence-electron chi connectivity index (χ0n) is 18.4. The standard InChI is InChI=1S/C24H22N4O5/c1-27-23(30)20-12-16(22(29)26-13-15-4-8-18(32-2)9-5-15)14-25-21(20)28(24(27)31)17-6-10-19(33-3)11-7-17/h4-12,14H,13H2,1-3H3,(H,26,29). The van der Waals surface area contributed by atoms with E-state index in [2.05, 4.69) is 10.3 Å². The number of carbonyl (C=O) groups excluding carboxylic acids is 1. The summed E-state index contributed by atoms with van der Waals surface area (Å²) in [6, 6.07) is 15.6. The summed E-state index contributed by atoms with van der Waals surface area (Å²) in [5, 5.41) is 2.97. The van der Waals surface area contributed by atoms with Crippen LogP contribution in [0.3, 0.4) is 0 Å². The number of carbonyl (C=O) groups is 1. The predicted molar refractivity (Wildman–Crippen MR) is 123 cm³/mol. The molecule has 1 amide bonds. The molecule has 4 rings (SSSR count). The number of methoxy groups -OCH3 is 2. The average molecular weight is 446 g/mol. The smallest absolute Gasteiger partial charge is 0.337 e. The van der Waals surface area contributed by atoms with Crippen molar-refractivity contribution in [2.24, 2.45) is 7.05 Å². The second kappa shape index (κ2) is 8.99. The van der Waals surface area contributed by atoms with Gasteiger partial charge >= 0.3 is 5.69 Å². The Bertz CT molecular complexity index is 1440. The first-order chi connectivity index (χ1) is 15.9. The van der Waals surface area contributed by atoms with E-state index in [1.165, 1.54) is 23.9 Å². The molecule has 9 nitrogen and oxygen atoms in total. The minimum Gasteiger partial charge on any atom is -0.497 e. The molecule has 0 saturated heterocycles. The Morgan fingerprint density at radius 2 is 1.58 bits per heavy atom. The molecule has 0 spiro atoms. The van der Waals surface area contributed by atoms with Crippen LogP contribution in [0.4, 0.5) is 0 Å². The van der Waals surface area contributed by atoms with Crippen LogP contribution in [0, 0.1) is 0 Å². The van der Waals surface area contributed by atoms with Crippen molar-refractivity contribution in [3.8, 4) is 17.2 Å². The van der Waals surface area contributed by atoms with Crippen molar-refractivity contribution in [2.75, 3.05) is 14.2 Å². The van der Waals surface area contributed by atoms with E-state index in [-0.39, 0.29) is 22.5 Å². The van der Waals surface area contributed by atoms with Gasteiger partial charge in [-0.3, -0.25) is 14.2 Å². The second-order valence-corrected chi connectivity index (χ2v) is 7.31. The van der Waals surface area contributed by atoms with Crippen molar-refractivity contribution in [2.45, 2.75) is 6.54 Å². The molecule has 33 heavy (non-hydrogen) atoms. The van der Waals surface area contributed by atoms with E-state index in [1.54, 1.807) is 50.6 Å². The number of hydrogen-bond donors (Lipinski definition) is 1. The van der Waals surface area contributed by atoms with E-state index in [9.17, 15) is 14.4 Å². The Labute approximate surface area is 188 Å². The van der Waals surface area contributed by atoms with Gasteiger partial charge in [-0.15, -0.1) is 0 Å².